The lowest BCUT2D eigenvalue weighted by molar-refractivity contribution is -0.384. The number of hydrogen-bond donors (Lipinski definition) is 1. The summed E-state index contributed by atoms with van der Waals surface area (Å²) in [6, 6.07) is 10.7. The third-order valence-corrected chi connectivity index (χ3v) is 3.75. The topological polar surface area (TPSA) is 89.7 Å². The number of rotatable bonds is 5. The number of nitro benzene ring substituents is 1. The predicted molar refractivity (Wildman–Crippen MR) is 77.2 cm³/mol. The van der Waals surface area contributed by atoms with Crippen LogP contribution in [-0.4, -0.2) is 23.1 Å². The molecule has 0 aliphatic heterocycles. The van der Waals surface area contributed by atoms with Crippen LogP contribution in [0.3, 0.4) is 0 Å². The van der Waals surface area contributed by atoms with Gasteiger partial charge in [-0.2, -0.15) is 0 Å². The fraction of sp³-hybridized carbons (Fsp3) is 0.0714. The molecule has 0 aromatic heterocycles. The molecule has 0 spiro atoms. The van der Waals surface area contributed by atoms with Gasteiger partial charge in [0, 0.05) is 17.0 Å². The van der Waals surface area contributed by atoms with Crippen molar-refractivity contribution in [3.63, 3.8) is 0 Å². The van der Waals surface area contributed by atoms with Gasteiger partial charge in [-0.1, -0.05) is 11.8 Å². The minimum atomic E-state index is -1.03. The first-order valence-electron chi connectivity index (χ1n) is 5.85. The Hall–Kier alpha value is -2.54. The quantitative estimate of drug-likeness (QED) is 0.672. The van der Waals surface area contributed by atoms with E-state index in [1.165, 1.54) is 43.1 Å². The molecule has 7 heteroatoms. The second kappa shape index (κ2) is 6.27. The van der Waals surface area contributed by atoms with E-state index >= 15 is 0 Å². The van der Waals surface area contributed by atoms with Crippen LogP contribution in [0.5, 0.6) is 5.75 Å². The summed E-state index contributed by atoms with van der Waals surface area (Å²) in [5.74, 6) is -0.585. The number of aromatic carboxylic acids is 1. The van der Waals surface area contributed by atoms with E-state index in [9.17, 15) is 14.9 Å². The Morgan fingerprint density at radius 2 is 1.90 bits per heavy atom. The summed E-state index contributed by atoms with van der Waals surface area (Å²) in [6.45, 7) is 0. The second-order valence-electron chi connectivity index (χ2n) is 4.02. The van der Waals surface area contributed by atoms with Gasteiger partial charge in [0.25, 0.3) is 5.69 Å². The van der Waals surface area contributed by atoms with Crippen molar-refractivity contribution in [3.8, 4) is 5.75 Å². The van der Waals surface area contributed by atoms with Gasteiger partial charge in [0.1, 0.15) is 5.75 Å². The van der Waals surface area contributed by atoms with Crippen LogP contribution in [0.2, 0.25) is 0 Å². The lowest BCUT2D eigenvalue weighted by atomic mass is 10.2. The zero-order valence-corrected chi connectivity index (χ0v) is 11.8. The first kappa shape index (κ1) is 14.9. The van der Waals surface area contributed by atoms with Crippen molar-refractivity contribution in [3.05, 3.63) is 58.1 Å². The first-order chi connectivity index (χ1) is 10.0. The molecule has 21 heavy (non-hydrogen) atoms. The number of methoxy groups -OCH3 is 1. The molecule has 0 fully saturated rings. The fourth-order valence-corrected chi connectivity index (χ4v) is 2.55. The number of benzene rings is 2. The number of carboxylic acid groups (broad SMARTS) is 1. The predicted octanol–water partition coefficient (Wildman–Crippen LogP) is 3.45. The van der Waals surface area contributed by atoms with Gasteiger partial charge >= 0.3 is 5.97 Å². The summed E-state index contributed by atoms with van der Waals surface area (Å²) in [5.41, 5.74) is 0.160. The number of nitro groups is 1. The van der Waals surface area contributed by atoms with Gasteiger partial charge in [-0.05, 0) is 30.3 Å². The monoisotopic (exact) mass is 305 g/mol. The van der Waals surface area contributed by atoms with Gasteiger partial charge < -0.3 is 9.84 Å². The zero-order valence-electron chi connectivity index (χ0n) is 11.0. The van der Waals surface area contributed by atoms with Crippen molar-refractivity contribution in [2.45, 2.75) is 9.79 Å². The molecule has 2 aromatic rings. The van der Waals surface area contributed by atoms with Gasteiger partial charge in [0.15, 0.2) is 0 Å². The largest absolute Gasteiger partial charge is 0.496 e. The smallest absolute Gasteiger partial charge is 0.335 e. The molecular weight excluding hydrogens is 294 g/mol. The molecule has 0 saturated heterocycles. The standard InChI is InChI=1S/C14H11NO5S/c1-20-12-8-9(14(16)17)2-7-13(12)21-11-5-3-10(4-6-11)15(18)19/h2-8H,1H3,(H,16,17). The highest BCUT2D eigenvalue weighted by Gasteiger charge is 2.11. The maximum absolute atomic E-state index is 10.9. The second-order valence-corrected chi connectivity index (χ2v) is 5.14. The summed E-state index contributed by atoms with van der Waals surface area (Å²) < 4.78 is 5.18. The molecule has 0 bridgehead atoms. The van der Waals surface area contributed by atoms with E-state index in [-0.39, 0.29) is 11.3 Å². The zero-order chi connectivity index (χ0) is 15.4. The Morgan fingerprint density at radius 3 is 2.43 bits per heavy atom. The summed E-state index contributed by atoms with van der Waals surface area (Å²) >= 11 is 1.34. The van der Waals surface area contributed by atoms with Crippen molar-refractivity contribution in [1.29, 1.82) is 0 Å². The average Bonchev–Trinajstić information content (AvgIpc) is 2.48. The molecule has 1 N–H and O–H groups in total. The molecule has 2 rings (SSSR count). The molecule has 0 atom stereocenters. The molecule has 0 heterocycles. The molecule has 0 aliphatic rings. The SMILES string of the molecule is COc1cc(C(=O)O)ccc1Sc1ccc([N+](=O)[O-])cc1. The van der Waals surface area contributed by atoms with E-state index in [1.54, 1.807) is 18.2 Å². The number of carbonyl (C=O) groups is 1. The van der Waals surface area contributed by atoms with Crippen LogP contribution < -0.4 is 4.74 Å². The van der Waals surface area contributed by atoms with Crippen LogP contribution in [0.1, 0.15) is 10.4 Å². The molecule has 0 unspecified atom stereocenters. The van der Waals surface area contributed by atoms with Crippen LogP contribution >= 0.6 is 11.8 Å². The van der Waals surface area contributed by atoms with Crippen molar-refractivity contribution in [2.24, 2.45) is 0 Å². The first-order valence-corrected chi connectivity index (χ1v) is 6.66. The third kappa shape index (κ3) is 3.51. The molecular formula is C14H11NO5S. The summed E-state index contributed by atoms with van der Waals surface area (Å²) in [6.07, 6.45) is 0. The number of nitrogens with zero attached hydrogens (tertiary/aromatic N) is 1. The van der Waals surface area contributed by atoms with Gasteiger partial charge in [0.2, 0.25) is 0 Å². The van der Waals surface area contributed by atoms with Crippen molar-refractivity contribution < 1.29 is 19.6 Å². The van der Waals surface area contributed by atoms with E-state index in [1.807, 2.05) is 0 Å². The number of non-ortho nitro benzene ring substituents is 1. The van der Waals surface area contributed by atoms with E-state index in [0.29, 0.717) is 5.75 Å². The molecule has 2 aromatic carbocycles. The van der Waals surface area contributed by atoms with Crippen LogP contribution in [0.25, 0.3) is 0 Å². The van der Waals surface area contributed by atoms with Crippen LogP contribution in [-0.2, 0) is 0 Å². The van der Waals surface area contributed by atoms with Crippen LogP contribution in [0.15, 0.2) is 52.3 Å². The van der Waals surface area contributed by atoms with E-state index in [4.69, 9.17) is 9.84 Å². The molecule has 108 valence electrons. The summed E-state index contributed by atoms with van der Waals surface area (Å²) in [5, 5.41) is 19.5. The average molecular weight is 305 g/mol. The third-order valence-electron chi connectivity index (χ3n) is 2.69. The number of carboxylic acids is 1. The lowest BCUT2D eigenvalue weighted by Gasteiger charge is -2.09. The van der Waals surface area contributed by atoms with Crippen LogP contribution in [0.4, 0.5) is 5.69 Å². The van der Waals surface area contributed by atoms with Crippen molar-refractivity contribution in [2.75, 3.05) is 7.11 Å². The summed E-state index contributed by atoms with van der Waals surface area (Å²) in [4.78, 5) is 22.6. The molecule has 0 aliphatic carbocycles. The fourth-order valence-electron chi connectivity index (χ4n) is 1.65. The highest BCUT2D eigenvalue weighted by atomic mass is 32.2. The minimum absolute atomic E-state index is 0.0209. The Kier molecular flexibility index (Phi) is 4.44. The van der Waals surface area contributed by atoms with E-state index < -0.39 is 10.9 Å². The molecule has 0 saturated carbocycles. The number of ether oxygens (including phenoxy) is 1. The maximum Gasteiger partial charge on any atom is 0.335 e. The number of hydrogen-bond acceptors (Lipinski definition) is 5. The Bertz CT molecular complexity index is 684. The maximum atomic E-state index is 10.9. The van der Waals surface area contributed by atoms with Gasteiger partial charge in [-0.3, -0.25) is 10.1 Å². The Labute approximate surface area is 124 Å². The summed E-state index contributed by atoms with van der Waals surface area (Å²) in [7, 11) is 1.46. The van der Waals surface area contributed by atoms with E-state index in [2.05, 4.69) is 0 Å². The van der Waals surface area contributed by atoms with Crippen molar-refractivity contribution >= 4 is 23.4 Å². The molecule has 0 amide bonds. The van der Waals surface area contributed by atoms with Crippen molar-refractivity contribution in [1.82, 2.24) is 0 Å². The highest BCUT2D eigenvalue weighted by molar-refractivity contribution is 7.99. The highest BCUT2D eigenvalue weighted by Crippen LogP contribution is 2.36. The lowest BCUT2D eigenvalue weighted by Crippen LogP contribution is -1.97. The Morgan fingerprint density at radius 1 is 1.24 bits per heavy atom. The van der Waals surface area contributed by atoms with Crippen LogP contribution in [0, 0.1) is 10.1 Å². The van der Waals surface area contributed by atoms with Gasteiger partial charge in [-0.25, -0.2) is 4.79 Å². The van der Waals surface area contributed by atoms with E-state index in [0.717, 1.165) is 9.79 Å². The Balaban J connectivity index is 2.26. The molecule has 0 radical (unpaired) electrons. The normalized spacial score (nSPS) is 10.1. The van der Waals surface area contributed by atoms with Gasteiger partial charge in [0.05, 0.1) is 22.5 Å². The molecule has 6 nitrogen and oxygen atoms in total. The van der Waals surface area contributed by atoms with Gasteiger partial charge in [-0.15, -0.1) is 0 Å². The minimum Gasteiger partial charge on any atom is -0.496 e.